The second kappa shape index (κ2) is 7.90. The Morgan fingerprint density at radius 3 is 2.45 bits per heavy atom. The lowest BCUT2D eigenvalue weighted by Crippen LogP contribution is -2.30. The van der Waals surface area contributed by atoms with Crippen LogP contribution < -0.4 is 10.6 Å². The molecule has 0 radical (unpaired) electrons. The quantitative estimate of drug-likeness (QED) is 0.804. The summed E-state index contributed by atoms with van der Waals surface area (Å²) >= 11 is 1.68. The van der Waals surface area contributed by atoms with Crippen molar-refractivity contribution in [2.75, 3.05) is 18.1 Å². The van der Waals surface area contributed by atoms with Crippen LogP contribution in [-0.2, 0) is 6.42 Å². The van der Waals surface area contributed by atoms with E-state index in [1.54, 1.807) is 11.8 Å². The molecule has 3 nitrogen and oxygen atoms in total. The van der Waals surface area contributed by atoms with Crippen molar-refractivity contribution in [2.24, 2.45) is 0 Å². The molecule has 2 N–H and O–H groups in total. The van der Waals surface area contributed by atoms with E-state index in [9.17, 15) is 4.79 Å². The summed E-state index contributed by atoms with van der Waals surface area (Å²) in [5.74, 6) is 0. The van der Waals surface area contributed by atoms with Crippen molar-refractivity contribution >= 4 is 23.5 Å². The summed E-state index contributed by atoms with van der Waals surface area (Å²) in [6.07, 6.45) is 2.87. The fourth-order valence-corrected chi connectivity index (χ4v) is 2.69. The first-order valence-electron chi connectivity index (χ1n) is 7.33. The molecule has 2 rings (SSSR count). The predicted octanol–water partition coefficient (Wildman–Crippen LogP) is 4.39. The van der Waals surface area contributed by atoms with E-state index in [2.05, 4.69) is 42.7 Å². The number of aryl methyl sites for hydroxylation is 2. The van der Waals surface area contributed by atoms with Crippen molar-refractivity contribution in [2.45, 2.75) is 25.2 Å². The van der Waals surface area contributed by atoms with Crippen molar-refractivity contribution in [3.63, 3.8) is 0 Å². The molecule has 0 spiro atoms. The van der Waals surface area contributed by atoms with Crippen LogP contribution in [0.4, 0.5) is 10.5 Å². The Hall–Kier alpha value is -1.94. The van der Waals surface area contributed by atoms with Crippen LogP contribution in [0.2, 0.25) is 0 Å². The Balaban J connectivity index is 1.79. The summed E-state index contributed by atoms with van der Waals surface area (Å²) in [7, 11) is 0. The van der Waals surface area contributed by atoms with E-state index in [0.29, 0.717) is 6.54 Å². The summed E-state index contributed by atoms with van der Waals surface area (Å²) < 4.78 is 0. The fourth-order valence-electron chi connectivity index (χ4n) is 2.29. The van der Waals surface area contributed by atoms with Gasteiger partial charge in [0.25, 0.3) is 0 Å². The van der Waals surface area contributed by atoms with Crippen LogP contribution in [0.15, 0.2) is 47.4 Å². The third kappa shape index (κ3) is 4.81. The van der Waals surface area contributed by atoms with Crippen LogP contribution in [0.5, 0.6) is 0 Å². The zero-order valence-electron chi connectivity index (χ0n) is 13.3. The molecule has 0 aliphatic heterocycles. The maximum atomic E-state index is 11.9. The normalized spacial score (nSPS) is 10.3. The molecule has 2 amide bonds. The zero-order valence-corrected chi connectivity index (χ0v) is 14.1. The Bertz CT molecular complexity index is 638. The number of amides is 2. The van der Waals surface area contributed by atoms with Gasteiger partial charge in [-0.05, 0) is 61.9 Å². The van der Waals surface area contributed by atoms with Gasteiger partial charge in [0, 0.05) is 17.1 Å². The smallest absolute Gasteiger partial charge is 0.319 e. The summed E-state index contributed by atoms with van der Waals surface area (Å²) in [4.78, 5) is 13.1. The van der Waals surface area contributed by atoms with Gasteiger partial charge in [0.15, 0.2) is 0 Å². The van der Waals surface area contributed by atoms with Gasteiger partial charge in [0.2, 0.25) is 0 Å². The topological polar surface area (TPSA) is 41.1 Å². The molecule has 0 aliphatic carbocycles. The van der Waals surface area contributed by atoms with Crippen molar-refractivity contribution in [3.8, 4) is 0 Å². The highest BCUT2D eigenvalue weighted by molar-refractivity contribution is 7.98. The molecule has 0 unspecified atom stereocenters. The van der Waals surface area contributed by atoms with Gasteiger partial charge in [0.1, 0.15) is 0 Å². The molecule has 0 saturated heterocycles. The summed E-state index contributed by atoms with van der Waals surface area (Å²) in [6, 6.07) is 14.1. The lowest BCUT2D eigenvalue weighted by Gasteiger charge is -2.10. The lowest BCUT2D eigenvalue weighted by molar-refractivity contribution is 0.252. The number of hydrogen-bond donors (Lipinski definition) is 2. The van der Waals surface area contributed by atoms with Gasteiger partial charge in [-0.2, -0.15) is 0 Å². The first kappa shape index (κ1) is 16.4. The number of rotatable bonds is 5. The highest BCUT2D eigenvalue weighted by Crippen LogP contribution is 2.17. The van der Waals surface area contributed by atoms with Crippen LogP contribution in [0.1, 0.15) is 16.7 Å². The highest BCUT2D eigenvalue weighted by atomic mass is 32.2. The van der Waals surface area contributed by atoms with Gasteiger partial charge in [-0.1, -0.05) is 23.8 Å². The van der Waals surface area contributed by atoms with Gasteiger partial charge in [-0.3, -0.25) is 0 Å². The average molecular weight is 314 g/mol. The summed E-state index contributed by atoms with van der Waals surface area (Å²) in [5.41, 5.74) is 4.62. The Morgan fingerprint density at radius 1 is 1.09 bits per heavy atom. The molecule has 0 atom stereocenters. The monoisotopic (exact) mass is 314 g/mol. The van der Waals surface area contributed by atoms with Gasteiger partial charge in [-0.25, -0.2) is 4.79 Å². The third-order valence-corrected chi connectivity index (χ3v) is 4.27. The molecule has 0 saturated carbocycles. The van der Waals surface area contributed by atoms with Crippen molar-refractivity contribution in [1.82, 2.24) is 5.32 Å². The van der Waals surface area contributed by atoms with Crippen LogP contribution in [-0.4, -0.2) is 18.8 Å². The van der Waals surface area contributed by atoms with E-state index >= 15 is 0 Å². The van der Waals surface area contributed by atoms with Crippen LogP contribution in [0, 0.1) is 13.8 Å². The lowest BCUT2D eigenvalue weighted by atomic mass is 10.0. The Morgan fingerprint density at radius 2 is 1.82 bits per heavy atom. The number of carbonyl (C=O) groups excluding carboxylic acids is 1. The first-order valence-corrected chi connectivity index (χ1v) is 8.56. The SMILES string of the molecule is CSc1ccc(NC(=O)NCCc2ccc(C)cc2C)cc1. The van der Waals surface area contributed by atoms with E-state index in [-0.39, 0.29) is 6.03 Å². The van der Waals surface area contributed by atoms with Gasteiger partial charge in [0.05, 0.1) is 0 Å². The molecule has 0 aliphatic rings. The molecule has 0 bridgehead atoms. The van der Waals surface area contributed by atoms with Crippen molar-refractivity contribution in [1.29, 1.82) is 0 Å². The second-order valence-corrected chi connectivity index (χ2v) is 6.17. The summed E-state index contributed by atoms with van der Waals surface area (Å²) in [5, 5.41) is 5.74. The minimum atomic E-state index is -0.165. The molecule has 4 heteroatoms. The average Bonchev–Trinajstić information content (AvgIpc) is 2.50. The maximum Gasteiger partial charge on any atom is 0.319 e. The van der Waals surface area contributed by atoms with Crippen molar-refractivity contribution < 1.29 is 4.79 Å². The number of anilines is 1. The minimum Gasteiger partial charge on any atom is -0.338 e. The number of nitrogens with one attached hydrogen (secondary N) is 2. The van der Waals surface area contributed by atoms with Crippen LogP contribution >= 0.6 is 11.8 Å². The first-order chi connectivity index (χ1) is 10.6. The number of hydrogen-bond acceptors (Lipinski definition) is 2. The van der Waals surface area contributed by atoms with Crippen LogP contribution in [0.3, 0.4) is 0 Å². The van der Waals surface area contributed by atoms with Crippen molar-refractivity contribution in [3.05, 3.63) is 59.2 Å². The van der Waals surface area contributed by atoms with E-state index in [0.717, 1.165) is 12.1 Å². The van der Waals surface area contributed by atoms with E-state index in [1.807, 2.05) is 30.5 Å². The molecular weight excluding hydrogens is 292 g/mol. The molecule has 22 heavy (non-hydrogen) atoms. The van der Waals surface area contributed by atoms with E-state index in [4.69, 9.17) is 0 Å². The molecule has 2 aromatic carbocycles. The molecular formula is C18H22N2OS. The second-order valence-electron chi connectivity index (χ2n) is 5.29. The maximum absolute atomic E-state index is 11.9. The summed E-state index contributed by atoms with van der Waals surface area (Å²) in [6.45, 7) is 4.82. The molecule has 2 aromatic rings. The number of carbonyl (C=O) groups is 1. The number of benzene rings is 2. The Kier molecular flexibility index (Phi) is 5.90. The standard InChI is InChI=1S/C18H22N2OS/c1-13-4-5-15(14(2)12-13)10-11-19-18(21)20-16-6-8-17(22-3)9-7-16/h4-9,12H,10-11H2,1-3H3,(H2,19,20,21). The molecule has 0 fully saturated rings. The molecule has 0 aromatic heterocycles. The Labute approximate surface area is 136 Å². The van der Waals surface area contributed by atoms with Crippen LogP contribution in [0.25, 0.3) is 0 Å². The van der Waals surface area contributed by atoms with Gasteiger partial charge < -0.3 is 10.6 Å². The highest BCUT2D eigenvalue weighted by Gasteiger charge is 2.03. The van der Waals surface area contributed by atoms with E-state index < -0.39 is 0 Å². The predicted molar refractivity (Wildman–Crippen MR) is 94.9 cm³/mol. The number of thioether (sulfide) groups is 1. The van der Waals surface area contributed by atoms with E-state index in [1.165, 1.54) is 21.6 Å². The third-order valence-electron chi connectivity index (χ3n) is 3.53. The van der Waals surface area contributed by atoms with Gasteiger partial charge in [-0.15, -0.1) is 11.8 Å². The van der Waals surface area contributed by atoms with Gasteiger partial charge >= 0.3 is 6.03 Å². The minimum absolute atomic E-state index is 0.165. The largest absolute Gasteiger partial charge is 0.338 e. The fraction of sp³-hybridized carbons (Fsp3) is 0.278. The molecule has 0 heterocycles. The number of urea groups is 1. The zero-order chi connectivity index (χ0) is 15.9. The molecule has 116 valence electrons.